The number of rotatable bonds is 9. The predicted octanol–water partition coefficient (Wildman–Crippen LogP) is 2.28. The maximum atomic E-state index is 13.9. The van der Waals surface area contributed by atoms with Crippen LogP contribution >= 0.6 is 0 Å². The minimum atomic E-state index is -1.32. The third-order valence-corrected chi connectivity index (χ3v) is 6.15. The number of aryl methyl sites for hydroxylation is 1. The van der Waals surface area contributed by atoms with Crippen molar-refractivity contribution in [2.45, 2.75) is 32.5 Å². The summed E-state index contributed by atoms with van der Waals surface area (Å²) >= 11 is 0. The zero-order valence-electron chi connectivity index (χ0n) is 20.6. The Morgan fingerprint density at radius 1 is 1.14 bits per heavy atom. The molecule has 1 N–H and O–H groups in total. The molecule has 1 aliphatic heterocycles. The summed E-state index contributed by atoms with van der Waals surface area (Å²) in [5, 5.41) is 15.5. The fourth-order valence-corrected chi connectivity index (χ4v) is 4.21. The molecular formula is C26H32FN5O4. The highest BCUT2D eigenvalue weighted by Crippen LogP contribution is 2.22. The van der Waals surface area contributed by atoms with Crippen molar-refractivity contribution in [2.24, 2.45) is 0 Å². The number of carbonyl (C=O) groups is 1. The number of aliphatic hydroxyl groups is 1. The third kappa shape index (κ3) is 7.02. The number of carbonyl (C=O) groups excluding carboxylic acids is 1. The molecule has 1 unspecified atom stereocenters. The molecule has 10 heteroatoms. The monoisotopic (exact) mass is 497 g/mol. The second-order valence-electron chi connectivity index (χ2n) is 9.23. The van der Waals surface area contributed by atoms with Crippen molar-refractivity contribution in [3.05, 3.63) is 72.1 Å². The topological polar surface area (TPSA) is 93.0 Å². The molecule has 1 fully saturated rings. The van der Waals surface area contributed by atoms with Crippen LogP contribution in [0.3, 0.4) is 0 Å². The van der Waals surface area contributed by atoms with E-state index in [0.29, 0.717) is 50.6 Å². The van der Waals surface area contributed by atoms with E-state index >= 15 is 0 Å². The minimum Gasteiger partial charge on any atom is -0.492 e. The molecule has 1 aliphatic rings. The van der Waals surface area contributed by atoms with Gasteiger partial charge in [0.25, 0.3) is 0 Å². The standard InChI is InChI=1S/C26H32FN5O4/c1-20-6-7-24(13-25(20)27)36-17-26(34)15-30(8-9-31(16-26)21(2)33)14-22-4-3-5-23(12-22)35-11-10-32-19-28-18-29-32/h3-7,12-13,18-19,34H,8-11,14-17H2,1-2H3. The maximum Gasteiger partial charge on any atom is 0.219 e. The first kappa shape index (κ1) is 25.6. The Morgan fingerprint density at radius 2 is 1.97 bits per heavy atom. The van der Waals surface area contributed by atoms with E-state index in [9.17, 15) is 14.3 Å². The molecule has 4 rings (SSSR count). The van der Waals surface area contributed by atoms with Gasteiger partial charge in [0.2, 0.25) is 5.91 Å². The van der Waals surface area contributed by atoms with Gasteiger partial charge in [0.15, 0.2) is 0 Å². The molecule has 0 bridgehead atoms. The fraction of sp³-hybridized carbons (Fsp3) is 0.423. The van der Waals surface area contributed by atoms with Crippen molar-refractivity contribution >= 4 is 5.91 Å². The number of aromatic nitrogens is 3. The van der Waals surface area contributed by atoms with Gasteiger partial charge in [-0.1, -0.05) is 18.2 Å². The minimum absolute atomic E-state index is 0.0682. The van der Waals surface area contributed by atoms with E-state index < -0.39 is 5.60 Å². The highest BCUT2D eigenvalue weighted by atomic mass is 19.1. The molecule has 9 nitrogen and oxygen atoms in total. The molecule has 1 atom stereocenters. The van der Waals surface area contributed by atoms with Gasteiger partial charge in [0.05, 0.1) is 13.1 Å². The second kappa shape index (κ2) is 11.5. The predicted molar refractivity (Wildman–Crippen MR) is 131 cm³/mol. The van der Waals surface area contributed by atoms with Crippen molar-refractivity contribution in [3.63, 3.8) is 0 Å². The first-order valence-corrected chi connectivity index (χ1v) is 11.9. The van der Waals surface area contributed by atoms with E-state index in [1.54, 1.807) is 35.0 Å². The van der Waals surface area contributed by atoms with Crippen LogP contribution in [0.15, 0.2) is 55.1 Å². The first-order valence-electron chi connectivity index (χ1n) is 11.9. The van der Waals surface area contributed by atoms with Gasteiger partial charge in [0.1, 0.15) is 48.8 Å². The lowest BCUT2D eigenvalue weighted by Crippen LogP contribution is -2.51. The van der Waals surface area contributed by atoms with Gasteiger partial charge in [-0.05, 0) is 36.2 Å². The molecule has 2 heterocycles. The van der Waals surface area contributed by atoms with Crippen molar-refractivity contribution in [1.82, 2.24) is 24.6 Å². The fourth-order valence-electron chi connectivity index (χ4n) is 4.21. The molecule has 1 saturated heterocycles. The van der Waals surface area contributed by atoms with Crippen molar-refractivity contribution in [2.75, 3.05) is 39.4 Å². The van der Waals surface area contributed by atoms with Crippen LogP contribution in [0.5, 0.6) is 11.5 Å². The summed E-state index contributed by atoms with van der Waals surface area (Å²) in [4.78, 5) is 19.8. The smallest absolute Gasteiger partial charge is 0.219 e. The Bertz CT molecular complexity index is 1160. The van der Waals surface area contributed by atoms with Crippen LogP contribution in [-0.4, -0.2) is 80.6 Å². The normalized spacial score (nSPS) is 18.6. The van der Waals surface area contributed by atoms with E-state index in [-0.39, 0.29) is 24.9 Å². The maximum absolute atomic E-state index is 13.9. The molecule has 0 saturated carbocycles. The van der Waals surface area contributed by atoms with Crippen LogP contribution < -0.4 is 9.47 Å². The van der Waals surface area contributed by atoms with Crippen LogP contribution in [0.25, 0.3) is 0 Å². The third-order valence-electron chi connectivity index (χ3n) is 6.15. The number of benzene rings is 2. The van der Waals surface area contributed by atoms with Gasteiger partial charge in [-0.15, -0.1) is 0 Å². The van der Waals surface area contributed by atoms with Gasteiger partial charge >= 0.3 is 0 Å². The molecule has 36 heavy (non-hydrogen) atoms. The van der Waals surface area contributed by atoms with Crippen LogP contribution in [-0.2, 0) is 17.9 Å². The second-order valence-corrected chi connectivity index (χ2v) is 9.23. The van der Waals surface area contributed by atoms with Crippen molar-refractivity contribution in [3.8, 4) is 11.5 Å². The van der Waals surface area contributed by atoms with Crippen LogP contribution in [0.1, 0.15) is 18.1 Å². The lowest BCUT2D eigenvalue weighted by atomic mass is 10.0. The number of β-amino-alcohol motifs (C(OH)–C–C–N with tert-alkyl or cyclic N) is 1. The van der Waals surface area contributed by atoms with Gasteiger partial charge in [-0.3, -0.25) is 9.69 Å². The number of amides is 1. The molecule has 192 valence electrons. The number of ether oxygens (including phenoxy) is 2. The first-order chi connectivity index (χ1) is 17.3. The Balaban J connectivity index is 1.40. The average Bonchev–Trinajstić information content (AvgIpc) is 3.30. The number of hydrogen-bond donors (Lipinski definition) is 1. The van der Waals surface area contributed by atoms with Crippen LogP contribution in [0.2, 0.25) is 0 Å². The summed E-state index contributed by atoms with van der Waals surface area (Å²) in [6.07, 6.45) is 3.13. The number of hydrogen-bond acceptors (Lipinski definition) is 7. The van der Waals surface area contributed by atoms with Gasteiger partial charge in [0, 0.05) is 39.2 Å². The van der Waals surface area contributed by atoms with Crippen LogP contribution in [0, 0.1) is 12.7 Å². The molecule has 0 spiro atoms. The number of halogens is 1. The summed E-state index contributed by atoms with van der Waals surface area (Å²) < 4.78 is 27.3. The highest BCUT2D eigenvalue weighted by molar-refractivity contribution is 5.73. The lowest BCUT2D eigenvalue weighted by molar-refractivity contribution is -0.132. The van der Waals surface area contributed by atoms with Gasteiger partial charge < -0.3 is 19.5 Å². The summed E-state index contributed by atoms with van der Waals surface area (Å²) in [7, 11) is 0. The summed E-state index contributed by atoms with van der Waals surface area (Å²) in [5.74, 6) is 0.607. The average molecular weight is 498 g/mol. The molecule has 2 aromatic carbocycles. The van der Waals surface area contributed by atoms with E-state index in [1.807, 2.05) is 24.3 Å². The molecule has 0 aliphatic carbocycles. The van der Waals surface area contributed by atoms with E-state index in [2.05, 4.69) is 15.0 Å². The summed E-state index contributed by atoms with van der Waals surface area (Å²) in [5.41, 5.74) is 0.220. The Hall–Kier alpha value is -3.50. The molecular weight excluding hydrogens is 465 g/mol. The zero-order valence-corrected chi connectivity index (χ0v) is 20.6. The van der Waals surface area contributed by atoms with Gasteiger partial charge in [-0.2, -0.15) is 5.10 Å². The van der Waals surface area contributed by atoms with Gasteiger partial charge in [-0.25, -0.2) is 14.1 Å². The summed E-state index contributed by atoms with van der Waals surface area (Å²) in [6.45, 7) is 6.24. The highest BCUT2D eigenvalue weighted by Gasteiger charge is 2.37. The van der Waals surface area contributed by atoms with Crippen molar-refractivity contribution in [1.29, 1.82) is 0 Å². The van der Waals surface area contributed by atoms with E-state index in [1.165, 1.54) is 19.3 Å². The van der Waals surface area contributed by atoms with E-state index in [0.717, 1.165) is 11.3 Å². The lowest BCUT2D eigenvalue weighted by Gasteiger charge is -2.32. The SMILES string of the molecule is CC(=O)N1CCN(Cc2cccc(OCCn3cncn3)c2)CC(O)(COc2ccc(C)c(F)c2)C1. The van der Waals surface area contributed by atoms with Crippen LogP contribution in [0.4, 0.5) is 4.39 Å². The molecule has 1 amide bonds. The zero-order chi connectivity index (χ0) is 25.5. The number of nitrogens with zero attached hydrogens (tertiary/aromatic N) is 5. The van der Waals surface area contributed by atoms with E-state index in [4.69, 9.17) is 9.47 Å². The summed E-state index contributed by atoms with van der Waals surface area (Å²) in [6, 6.07) is 12.4. The quantitative estimate of drug-likeness (QED) is 0.485. The molecule has 1 aromatic heterocycles. The Labute approximate surface area is 210 Å². The molecule has 0 radical (unpaired) electrons. The Kier molecular flexibility index (Phi) is 8.17. The largest absolute Gasteiger partial charge is 0.492 e. The Morgan fingerprint density at radius 3 is 2.72 bits per heavy atom. The van der Waals surface area contributed by atoms with Crippen molar-refractivity contribution < 1.29 is 23.8 Å². The molecule has 3 aromatic rings.